The van der Waals surface area contributed by atoms with Gasteiger partial charge in [0.1, 0.15) is 0 Å². The third kappa shape index (κ3) is 10.4. The number of fused-ring (bicyclic) bond motifs is 20. The van der Waals surface area contributed by atoms with Crippen molar-refractivity contribution in [1.82, 2.24) is 33.6 Å². The van der Waals surface area contributed by atoms with E-state index < -0.39 is 16.1 Å². The van der Waals surface area contributed by atoms with Crippen molar-refractivity contribution in [1.29, 1.82) is 0 Å². The Morgan fingerprint density at radius 3 is 1.07 bits per heavy atom. The molecule has 5 aromatic heterocycles. The molecule has 7 heterocycles. The largest absolute Gasteiger partial charge is 0.309 e. The van der Waals surface area contributed by atoms with Crippen LogP contribution in [0.25, 0.3) is 161 Å². The molecule has 122 heavy (non-hydrogen) atoms. The lowest BCUT2D eigenvalue weighted by Crippen LogP contribution is -2.73. The van der Waals surface area contributed by atoms with Crippen LogP contribution in [0.2, 0.25) is 0 Å². The SMILES string of the molecule is CC1(C)c2ccccc2-c2c1ccc1c3ccccc3n(-c3cccc(-c4nc(-c5ccccc5)c5c(n4)-c4ccccc4[Si]5(c4ccccc4)c4ccccc4)c3)c21.c1ccc(-c2nc(-c3cccc(-n4c5ccccc5c5ccc6c(c7ccccc7n6-c6ccccc6)c54)c3)nc3c2[Si](c2ccccc2)(c2ccccc2)c2ccccc2-3)cc1. The maximum absolute atomic E-state index is 5.70. The van der Waals surface area contributed by atoms with E-state index in [1.165, 1.54) is 135 Å². The molecule has 0 saturated heterocycles. The molecule has 1 aliphatic carbocycles. The van der Waals surface area contributed by atoms with Gasteiger partial charge < -0.3 is 13.7 Å². The summed E-state index contributed by atoms with van der Waals surface area (Å²) in [5.41, 5.74) is 26.2. The van der Waals surface area contributed by atoms with Gasteiger partial charge in [0.25, 0.3) is 0 Å². The number of hydrogen-bond acceptors (Lipinski definition) is 4. The van der Waals surface area contributed by atoms with Crippen LogP contribution in [0.5, 0.6) is 0 Å². The molecule has 0 amide bonds. The van der Waals surface area contributed by atoms with Crippen LogP contribution in [0.3, 0.4) is 0 Å². The van der Waals surface area contributed by atoms with Gasteiger partial charge in [0.05, 0.1) is 55.9 Å². The highest BCUT2D eigenvalue weighted by molar-refractivity contribution is 7.23. The summed E-state index contributed by atoms with van der Waals surface area (Å²) in [6.07, 6.45) is 0. The molecule has 0 radical (unpaired) electrons. The highest BCUT2D eigenvalue weighted by Gasteiger charge is 2.54. The van der Waals surface area contributed by atoms with Crippen LogP contribution in [0.4, 0.5) is 0 Å². The van der Waals surface area contributed by atoms with Crippen molar-refractivity contribution in [3.05, 3.63) is 442 Å². The molecule has 9 heteroatoms. The monoisotopic (exact) mass is 1590 g/mol. The second-order valence-corrected chi connectivity index (χ2v) is 40.3. The predicted molar refractivity (Wildman–Crippen MR) is 512 cm³/mol. The van der Waals surface area contributed by atoms with Gasteiger partial charge in [-0.3, -0.25) is 0 Å². The number of para-hydroxylation sites is 4. The minimum absolute atomic E-state index is 0.107. The first-order valence-corrected chi connectivity index (χ1v) is 46.1. The fourth-order valence-corrected chi connectivity index (χ4v) is 31.7. The van der Waals surface area contributed by atoms with Crippen LogP contribution >= 0.6 is 0 Å². The van der Waals surface area contributed by atoms with Crippen LogP contribution in [0.15, 0.2) is 431 Å². The van der Waals surface area contributed by atoms with E-state index in [9.17, 15) is 0 Å². The molecule has 25 rings (SSSR count). The van der Waals surface area contributed by atoms with Gasteiger partial charge in [-0.2, -0.15) is 0 Å². The molecule has 17 aromatic carbocycles. The van der Waals surface area contributed by atoms with Crippen LogP contribution in [-0.2, 0) is 5.41 Å². The first kappa shape index (κ1) is 70.9. The quantitative estimate of drug-likeness (QED) is 0.121. The minimum Gasteiger partial charge on any atom is -0.309 e. The van der Waals surface area contributed by atoms with Crippen LogP contribution in [0, 0.1) is 0 Å². The fraction of sp³-hybridized carbons (Fsp3) is 0.0265. The highest BCUT2D eigenvalue weighted by atomic mass is 28.3. The number of hydrogen-bond donors (Lipinski definition) is 0. The molecule has 572 valence electrons. The Balaban J connectivity index is 0.000000138. The van der Waals surface area contributed by atoms with E-state index in [0.717, 1.165) is 73.4 Å². The average Bonchev–Trinajstić information content (AvgIpc) is 1.52. The third-order valence-electron chi connectivity index (χ3n) is 26.3. The van der Waals surface area contributed by atoms with Gasteiger partial charge in [0, 0.05) is 104 Å². The number of nitrogens with zero attached hydrogens (tertiary/aromatic N) is 7. The predicted octanol–water partition coefficient (Wildman–Crippen LogP) is 21.9. The summed E-state index contributed by atoms with van der Waals surface area (Å²) in [6, 6.07) is 157. The van der Waals surface area contributed by atoms with E-state index in [2.05, 4.69) is 458 Å². The van der Waals surface area contributed by atoms with Crippen molar-refractivity contribution in [2.24, 2.45) is 0 Å². The van der Waals surface area contributed by atoms with Crippen molar-refractivity contribution >= 4 is 123 Å². The second kappa shape index (κ2) is 27.9. The summed E-state index contributed by atoms with van der Waals surface area (Å²) in [6.45, 7) is 4.72. The Kier molecular flexibility index (Phi) is 16.2. The Morgan fingerprint density at radius 2 is 0.590 bits per heavy atom. The van der Waals surface area contributed by atoms with Gasteiger partial charge in [-0.1, -0.05) is 384 Å². The zero-order chi connectivity index (χ0) is 80.8. The summed E-state index contributed by atoms with van der Waals surface area (Å²) < 4.78 is 7.34. The Morgan fingerprint density at radius 1 is 0.238 bits per heavy atom. The molecule has 0 atom stereocenters. The molecule has 0 fully saturated rings. The van der Waals surface area contributed by atoms with E-state index in [4.69, 9.17) is 19.9 Å². The smallest absolute Gasteiger partial charge is 0.185 e. The number of benzene rings is 17. The summed E-state index contributed by atoms with van der Waals surface area (Å²) in [4.78, 5) is 22.7. The van der Waals surface area contributed by atoms with Gasteiger partial charge in [0.15, 0.2) is 27.8 Å². The second-order valence-electron chi connectivity index (χ2n) is 32.9. The molecule has 0 spiro atoms. The van der Waals surface area contributed by atoms with Crippen molar-refractivity contribution in [2.45, 2.75) is 19.3 Å². The van der Waals surface area contributed by atoms with Crippen molar-refractivity contribution in [2.75, 3.05) is 0 Å². The Hall–Kier alpha value is -15.3. The molecule has 3 aliphatic rings. The molecule has 0 saturated carbocycles. The van der Waals surface area contributed by atoms with Crippen molar-refractivity contribution < 1.29 is 0 Å². The first-order chi connectivity index (χ1) is 60.3. The summed E-state index contributed by atoms with van der Waals surface area (Å²) in [7, 11) is -5.77. The normalized spacial score (nSPS) is 13.5. The standard InChI is InChI=1S/C58H38N4Si.C55H39N3Si/c1-5-20-39(21-6-1)54-57-55(48-32-15-18-35-52(48)63(57,43-26-9-3-10-27-43)44-28-11-4-12-29-44)60-58(59-54)40-22-19-25-42(38-40)62-49-33-16-13-30-45(49)46-36-37-51-53(56(46)62)47-31-14-17-34-50(47)61(51)41-23-7-2-8-24-41;1-55(2)45-30-15-12-28-43(45)49-46(55)34-33-42-41-27-13-16-31-47(41)58(52(42)49)38-22-18-21-37(35-38)54-56-50(36-19-6-3-7-20-36)53-51(57-54)44-29-14-17-32-48(44)59(53,39-23-8-4-9-24-39)40-25-10-5-11-26-40/h1-38H;3-35H,1-2H3. The summed E-state index contributed by atoms with van der Waals surface area (Å²) in [5.74, 6) is 1.43. The van der Waals surface area contributed by atoms with E-state index in [-0.39, 0.29) is 5.41 Å². The fourth-order valence-electron chi connectivity index (χ4n) is 21.2. The molecular weight excluding hydrogens is 1510 g/mol. The van der Waals surface area contributed by atoms with Crippen LogP contribution < -0.4 is 41.5 Å². The van der Waals surface area contributed by atoms with Gasteiger partial charge in [-0.15, -0.1) is 0 Å². The maximum Gasteiger partial charge on any atom is 0.185 e. The van der Waals surface area contributed by atoms with Gasteiger partial charge in [-0.05, 0) is 108 Å². The molecular formula is C113H77N7Si2. The molecule has 0 unspecified atom stereocenters. The minimum atomic E-state index is -2.90. The highest BCUT2D eigenvalue weighted by Crippen LogP contribution is 2.54. The van der Waals surface area contributed by atoms with Crippen LogP contribution in [0.1, 0.15) is 25.0 Å². The molecule has 2 aliphatic heterocycles. The zero-order valence-corrected chi connectivity index (χ0v) is 69.1. The lowest BCUT2D eigenvalue weighted by atomic mass is 9.82. The lowest BCUT2D eigenvalue weighted by molar-refractivity contribution is 0.661. The van der Waals surface area contributed by atoms with Gasteiger partial charge >= 0.3 is 0 Å². The Labute approximate surface area is 708 Å². The number of aromatic nitrogens is 7. The van der Waals surface area contributed by atoms with E-state index in [1.807, 2.05) is 0 Å². The topological polar surface area (TPSA) is 66.3 Å². The van der Waals surface area contributed by atoms with Gasteiger partial charge in [0.2, 0.25) is 0 Å². The van der Waals surface area contributed by atoms with Gasteiger partial charge in [-0.25, -0.2) is 19.9 Å². The van der Waals surface area contributed by atoms with Crippen molar-refractivity contribution in [3.63, 3.8) is 0 Å². The zero-order valence-electron chi connectivity index (χ0n) is 67.1. The van der Waals surface area contributed by atoms with E-state index in [0.29, 0.717) is 5.82 Å². The van der Waals surface area contributed by atoms with Crippen LogP contribution in [-0.4, -0.2) is 49.8 Å². The third-order valence-corrected chi connectivity index (χ3v) is 36.0. The molecule has 7 nitrogen and oxygen atoms in total. The van der Waals surface area contributed by atoms with Crippen molar-refractivity contribution in [3.8, 4) is 96.0 Å². The molecule has 22 aromatic rings. The number of rotatable bonds is 11. The Bertz CT molecular complexity index is 7880. The van der Waals surface area contributed by atoms with E-state index >= 15 is 0 Å². The summed E-state index contributed by atoms with van der Waals surface area (Å²) >= 11 is 0. The average molecular weight is 1590 g/mol. The molecule has 0 N–H and O–H groups in total. The first-order valence-electron chi connectivity index (χ1n) is 42.1. The maximum atomic E-state index is 5.70. The lowest BCUT2D eigenvalue weighted by Gasteiger charge is -2.32. The summed E-state index contributed by atoms with van der Waals surface area (Å²) in [5, 5.41) is 17.9. The molecule has 0 bridgehead atoms. The van der Waals surface area contributed by atoms with E-state index in [1.54, 1.807) is 0 Å².